The van der Waals surface area contributed by atoms with Gasteiger partial charge < -0.3 is 14.8 Å². The summed E-state index contributed by atoms with van der Waals surface area (Å²) in [6.45, 7) is 2.22. The molecule has 0 unspecified atom stereocenters. The molecule has 0 saturated carbocycles. The molecule has 1 aliphatic heterocycles. The Morgan fingerprint density at radius 3 is 2.73 bits per heavy atom. The van der Waals surface area contributed by atoms with Crippen LogP contribution in [0.4, 0.5) is 0 Å². The molecule has 1 saturated heterocycles. The number of hydrogen-bond donors (Lipinski definition) is 2. The number of sulfonamides is 1. The maximum atomic E-state index is 11.7. The molecule has 1 aromatic rings. The first-order valence-corrected chi connectivity index (χ1v) is 8.47. The fourth-order valence-corrected chi connectivity index (χ4v) is 3.81. The van der Waals surface area contributed by atoms with E-state index in [-0.39, 0.29) is 42.5 Å². The van der Waals surface area contributed by atoms with Crippen LogP contribution in [0.5, 0.6) is 0 Å². The summed E-state index contributed by atoms with van der Waals surface area (Å²) in [6.07, 6.45) is 0.651. The minimum absolute atomic E-state index is 0.0602. The molecule has 22 heavy (non-hydrogen) atoms. The summed E-state index contributed by atoms with van der Waals surface area (Å²) in [6, 6.07) is 1.36. The highest BCUT2D eigenvalue weighted by molar-refractivity contribution is 7.89. The predicted octanol–water partition coefficient (Wildman–Crippen LogP) is 0.328. The van der Waals surface area contributed by atoms with Gasteiger partial charge in [0.15, 0.2) is 0 Å². The lowest BCUT2D eigenvalue weighted by Gasteiger charge is -2.13. The summed E-state index contributed by atoms with van der Waals surface area (Å²) >= 11 is 0. The SMILES string of the molecule is Cc1oc(CNC(=O)CCN2CCCS2(=O)=O)cc1C(=O)O. The maximum absolute atomic E-state index is 11.7. The molecule has 0 aromatic carbocycles. The van der Waals surface area contributed by atoms with E-state index in [9.17, 15) is 18.0 Å². The third kappa shape index (κ3) is 3.86. The number of aromatic carboxylic acids is 1. The number of hydrogen-bond acceptors (Lipinski definition) is 5. The van der Waals surface area contributed by atoms with E-state index in [0.717, 1.165) is 0 Å². The number of amides is 1. The molecule has 1 aromatic heterocycles. The number of rotatable bonds is 6. The van der Waals surface area contributed by atoms with Gasteiger partial charge in [0.2, 0.25) is 15.9 Å². The summed E-state index contributed by atoms with van der Waals surface area (Å²) < 4.78 is 29.7. The van der Waals surface area contributed by atoms with E-state index in [1.807, 2.05) is 0 Å². The monoisotopic (exact) mass is 330 g/mol. The Hall–Kier alpha value is -1.87. The molecule has 8 nitrogen and oxygen atoms in total. The Kier molecular flexibility index (Phi) is 4.87. The highest BCUT2D eigenvalue weighted by Gasteiger charge is 2.28. The lowest BCUT2D eigenvalue weighted by atomic mass is 10.2. The van der Waals surface area contributed by atoms with Crippen molar-refractivity contribution in [2.45, 2.75) is 26.3 Å². The van der Waals surface area contributed by atoms with Crippen LogP contribution in [-0.4, -0.2) is 48.5 Å². The molecule has 0 aliphatic carbocycles. The Balaban J connectivity index is 1.81. The van der Waals surface area contributed by atoms with E-state index >= 15 is 0 Å². The van der Waals surface area contributed by atoms with E-state index < -0.39 is 16.0 Å². The fourth-order valence-electron chi connectivity index (χ4n) is 2.29. The first-order valence-electron chi connectivity index (χ1n) is 6.87. The second-order valence-corrected chi connectivity index (χ2v) is 7.17. The van der Waals surface area contributed by atoms with Gasteiger partial charge in [-0.15, -0.1) is 0 Å². The molecule has 9 heteroatoms. The topological polar surface area (TPSA) is 117 Å². The molecule has 0 atom stereocenters. The van der Waals surface area contributed by atoms with Crippen molar-refractivity contribution < 1.29 is 27.5 Å². The van der Waals surface area contributed by atoms with Gasteiger partial charge >= 0.3 is 5.97 Å². The van der Waals surface area contributed by atoms with Gasteiger partial charge in [0, 0.05) is 19.5 Å². The van der Waals surface area contributed by atoms with Crippen LogP contribution in [0, 0.1) is 6.92 Å². The molecule has 2 N–H and O–H groups in total. The molecule has 2 heterocycles. The smallest absolute Gasteiger partial charge is 0.339 e. The Labute approximate surface area is 128 Å². The molecule has 0 radical (unpaired) electrons. The second kappa shape index (κ2) is 6.49. The number of carbonyl (C=O) groups excluding carboxylic acids is 1. The third-order valence-corrected chi connectivity index (χ3v) is 5.41. The van der Waals surface area contributed by atoms with Crippen LogP contribution in [0.1, 0.15) is 34.7 Å². The largest absolute Gasteiger partial charge is 0.478 e. The lowest BCUT2D eigenvalue weighted by molar-refractivity contribution is -0.121. The van der Waals surface area contributed by atoms with Gasteiger partial charge in [-0.2, -0.15) is 0 Å². The van der Waals surface area contributed by atoms with Gasteiger partial charge in [-0.1, -0.05) is 0 Å². The highest BCUT2D eigenvalue weighted by atomic mass is 32.2. The van der Waals surface area contributed by atoms with Crippen LogP contribution in [0.15, 0.2) is 10.5 Å². The van der Waals surface area contributed by atoms with Crippen molar-refractivity contribution in [3.05, 3.63) is 23.2 Å². The van der Waals surface area contributed by atoms with E-state index in [4.69, 9.17) is 9.52 Å². The maximum Gasteiger partial charge on any atom is 0.339 e. The van der Waals surface area contributed by atoms with Gasteiger partial charge in [-0.05, 0) is 19.4 Å². The Bertz CT molecular complexity index is 679. The van der Waals surface area contributed by atoms with E-state index in [0.29, 0.717) is 18.7 Å². The minimum Gasteiger partial charge on any atom is -0.478 e. The first kappa shape index (κ1) is 16.5. The van der Waals surface area contributed by atoms with Crippen LogP contribution in [0.3, 0.4) is 0 Å². The standard InChI is InChI=1S/C13H18N2O6S/c1-9-11(13(17)18)7-10(21-9)8-14-12(16)3-5-15-4-2-6-22(15,19)20/h7H,2-6,8H2,1H3,(H,14,16)(H,17,18). The molecule has 0 bridgehead atoms. The summed E-state index contributed by atoms with van der Waals surface area (Å²) in [5, 5.41) is 11.5. The van der Waals surface area contributed by atoms with Crippen molar-refractivity contribution in [3.8, 4) is 0 Å². The normalized spacial score (nSPS) is 17.5. The Morgan fingerprint density at radius 1 is 1.45 bits per heavy atom. The van der Waals surface area contributed by atoms with Gasteiger partial charge in [0.1, 0.15) is 17.1 Å². The molecule has 1 amide bonds. The van der Waals surface area contributed by atoms with Gasteiger partial charge in [0.05, 0.1) is 12.3 Å². The number of carboxylic acids is 1. The summed E-state index contributed by atoms with van der Waals surface area (Å²) in [4.78, 5) is 22.6. The summed E-state index contributed by atoms with van der Waals surface area (Å²) in [5.74, 6) is -0.638. The van der Waals surface area contributed by atoms with Crippen molar-refractivity contribution in [1.82, 2.24) is 9.62 Å². The Morgan fingerprint density at radius 2 is 2.18 bits per heavy atom. The molecule has 0 spiro atoms. The average Bonchev–Trinajstić information content (AvgIpc) is 2.96. The van der Waals surface area contributed by atoms with E-state index in [2.05, 4.69) is 5.32 Å². The number of carbonyl (C=O) groups is 2. The predicted molar refractivity (Wildman–Crippen MR) is 76.8 cm³/mol. The van der Waals surface area contributed by atoms with Crippen LogP contribution in [-0.2, 0) is 21.4 Å². The van der Waals surface area contributed by atoms with Crippen LogP contribution in [0.2, 0.25) is 0 Å². The molecular formula is C13H18N2O6S. The van der Waals surface area contributed by atoms with Crippen molar-refractivity contribution in [1.29, 1.82) is 0 Å². The zero-order valence-electron chi connectivity index (χ0n) is 12.2. The van der Waals surface area contributed by atoms with E-state index in [1.165, 1.54) is 17.3 Å². The van der Waals surface area contributed by atoms with Crippen molar-refractivity contribution in [3.63, 3.8) is 0 Å². The summed E-state index contributed by atoms with van der Waals surface area (Å²) in [7, 11) is -3.19. The van der Waals surface area contributed by atoms with Crippen molar-refractivity contribution >= 4 is 21.9 Å². The van der Waals surface area contributed by atoms with Gasteiger partial charge in [0.25, 0.3) is 0 Å². The molecule has 1 aliphatic rings. The van der Waals surface area contributed by atoms with Crippen LogP contribution in [0.25, 0.3) is 0 Å². The number of nitrogens with one attached hydrogen (secondary N) is 1. The van der Waals surface area contributed by atoms with Crippen molar-refractivity contribution in [2.75, 3.05) is 18.8 Å². The molecule has 122 valence electrons. The highest BCUT2D eigenvalue weighted by Crippen LogP contribution is 2.15. The van der Waals surface area contributed by atoms with E-state index in [1.54, 1.807) is 0 Å². The van der Waals surface area contributed by atoms with Gasteiger partial charge in [-0.3, -0.25) is 4.79 Å². The zero-order valence-corrected chi connectivity index (χ0v) is 13.0. The van der Waals surface area contributed by atoms with Crippen molar-refractivity contribution in [2.24, 2.45) is 0 Å². The quantitative estimate of drug-likeness (QED) is 0.776. The molecular weight excluding hydrogens is 312 g/mol. The van der Waals surface area contributed by atoms with Crippen LogP contribution < -0.4 is 5.32 Å². The third-order valence-electron chi connectivity index (χ3n) is 3.45. The second-order valence-electron chi connectivity index (χ2n) is 5.08. The molecule has 2 rings (SSSR count). The summed E-state index contributed by atoms with van der Waals surface area (Å²) in [5.41, 5.74) is 0.0624. The van der Waals surface area contributed by atoms with Gasteiger partial charge in [-0.25, -0.2) is 17.5 Å². The fraction of sp³-hybridized carbons (Fsp3) is 0.538. The minimum atomic E-state index is -3.19. The zero-order chi connectivity index (χ0) is 16.3. The number of aryl methyl sites for hydroxylation is 1. The lowest BCUT2D eigenvalue weighted by Crippen LogP contribution is -2.31. The number of furan rings is 1. The average molecular weight is 330 g/mol. The molecule has 1 fully saturated rings. The number of carboxylic acid groups (broad SMARTS) is 1. The first-order chi connectivity index (χ1) is 10.3. The number of nitrogens with zero attached hydrogens (tertiary/aromatic N) is 1. The van der Waals surface area contributed by atoms with Crippen LogP contribution >= 0.6 is 0 Å².